The highest BCUT2D eigenvalue weighted by Gasteiger charge is 2.40. The normalized spacial score (nSPS) is 27.1. The Kier molecular flexibility index (Phi) is 5.23. The number of hydrogen-bond acceptors (Lipinski definition) is 4. The van der Waals surface area contributed by atoms with Crippen LogP contribution in [0, 0.1) is 17.8 Å². The quantitative estimate of drug-likeness (QED) is 0.851. The molecule has 1 aromatic heterocycles. The lowest BCUT2D eigenvalue weighted by atomic mass is 9.67. The van der Waals surface area contributed by atoms with Crippen molar-refractivity contribution in [2.24, 2.45) is 23.5 Å². The fourth-order valence-corrected chi connectivity index (χ4v) is 5.12. The van der Waals surface area contributed by atoms with Crippen LogP contribution in [0.25, 0.3) is 10.8 Å². The highest BCUT2D eigenvalue weighted by Crippen LogP contribution is 2.39. The average Bonchev–Trinajstić information content (AvgIpc) is 2.64. The lowest BCUT2D eigenvalue weighted by molar-refractivity contribution is 0.0751. The summed E-state index contributed by atoms with van der Waals surface area (Å²) in [6, 6.07) is 7.68. The average molecular weight is 383 g/mol. The summed E-state index contributed by atoms with van der Waals surface area (Å²) in [5, 5.41) is 8.94. The molecule has 2 aromatic rings. The number of carbonyl (C=O) groups excluding carboxylic acids is 1. The number of carbonyl (C=O) groups is 1. The summed E-state index contributed by atoms with van der Waals surface area (Å²) in [6.07, 6.45) is 5.41. The van der Waals surface area contributed by atoms with Crippen molar-refractivity contribution in [2.45, 2.75) is 64.6 Å². The van der Waals surface area contributed by atoms with Gasteiger partial charge >= 0.3 is 0 Å². The van der Waals surface area contributed by atoms with Crippen LogP contribution in [0.5, 0.6) is 0 Å². The Balaban J connectivity index is 1.69. The number of aromatic nitrogens is 2. The second-order valence-electron chi connectivity index (χ2n) is 8.96. The van der Waals surface area contributed by atoms with Gasteiger partial charge in [0.1, 0.15) is 0 Å². The highest BCUT2D eigenvalue weighted by molar-refractivity contribution is 6.04. The Morgan fingerprint density at radius 2 is 1.86 bits per heavy atom. The molecular weight excluding hydrogens is 352 g/mol. The van der Waals surface area contributed by atoms with Crippen molar-refractivity contribution in [3.8, 4) is 0 Å². The van der Waals surface area contributed by atoms with Gasteiger partial charge in [0.2, 0.25) is 0 Å². The molecule has 2 aliphatic rings. The van der Waals surface area contributed by atoms with Crippen LogP contribution < -0.4 is 16.6 Å². The molecule has 6 nitrogen and oxygen atoms in total. The van der Waals surface area contributed by atoms with Crippen LogP contribution in [-0.2, 0) is 6.54 Å². The first kappa shape index (κ1) is 19.1. The van der Waals surface area contributed by atoms with E-state index in [1.54, 1.807) is 6.07 Å². The number of nitrogens with one attached hydrogen (secondary N) is 1. The number of fused-ring (bicyclic) bond motifs is 3. The smallest absolute Gasteiger partial charge is 0.274 e. The van der Waals surface area contributed by atoms with Crippen molar-refractivity contribution >= 4 is 16.7 Å². The number of amides is 1. The molecule has 1 aromatic carbocycles. The Bertz CT molecular complexity index is 922. The molecule has 2 unspecified atom stereocenters. The molecule has 2 atom stereocenters. The maximum absolute atomic E-state index is 13.3. The lowest BCUT2D eigenvalue weighted by Crippen LogP contribution is -2.54. The van der Waals surface area contributed by atoms with Crippen LogP contribution in [0.1, 0.15) is 56.4 Å². The topological polar surface area (TPSA) is 90.0 Å². The third kappa shape index (κ3) is 3.58. The molecule has 2 fully saturated rings. The van der Waals surface area contributed by atoms with Gasteiger partial charge in [0.05, 0.1) is 5.39 Å². The van der Waals surface area contributed by atoms with Crippen molar-refractivity contribution in [3.05, 3.63) is 40.3 Å². The molecule has 2 saturated carbocycles. The van der Waals surface area contributed by atoms with Gasteiger partial charge in [0, 0.05) is 24.0 Å². The predicted molar refractivity (Wildman–Crippen MR) is 110 cm³/mol. The SMILES string of the molecule is CC(C)Cn1nc(C(=O)NC2C3CCCC2CC(N)C3)c2ccccc2c1=O. The maximum atomic E-state index is 13.3. The van der Waals surface area contributed by atoms with E-state index in [-0.39, 0.29) is 29.5 Å². The van der Waals surface area contributed by atoms with Gasteiger partial charge in [-0.05, 0) is 49.5 Å². The van der Waals surface area contributed by atoms with E-state index in [0.29, 0.717) is 34.8 Å². The van der Waals surface area contributed by atoms with Crippen molar-refractivity contribution in [3.63, 3.8) is 0 Å². The van der Waals surface area contributed by atoms with Gasteiger partial charge in [0.15, 0.2) is 5.69 Å². The number of hydrogen-bond donors (Lipinski definition) is 2. The van der Waals surface area contributed by atoms with Crippen LogP contribution in [0.15, 0.2) is 29.1 Å². The van der Waals surface area contributed by atoms with Gasteiger partial charge in [-0.1, -0.05) is 38.5 Å². The molecule has 0 saturated heterocycles. The summed E-state index contributed by atoms with van der Waals surface area (Å²) in [7, 11) is 0. The van der Waals surface area contributed by atoms with E-state index < -0.39 is 0 Å². The lowest BCUT2D eigenvalue weighted by Gasteiger charge is -2.45. The highest BCUT2D eigenvalue weighted by atomic mass is 16.2. The second kappa shape index (κ2) is 7.66. The van der Waals surface area contributed by atoms with E-state index in [1.165, 1.54) is 11.1 Å². The fourth-order valence-electron chi connectivity index (χ4n) is 5.12. The number of benzene rings is 1. The molecule has 3 N–H and O–H groups in total. The Hall–Kier alpha value is -2.21. The molecule has 0 radical (unpaired) electrons. The van der Waals surface area contributed by atoms with Gasteiger partial charge in [0.25, 0.3) is 11.5 Å². The Morgan fingerprint density at radius 3 is 2.50 bits per heavy atom. The molecular formula is C22H30N4O2. The Morgan fingerprint density at radius 1 is 1.21 bits per heavy atom. The molecule has 6 heteroatoms. The number of nitrogens with two attached hydrogens (primary N) is 1. The van der Waals surface area contributed by atoms with Gasteiger partial charge in [-0.2, -0.15) is 5.10 Å². The number of rotatable bonds is 4. The molecule has 4 rings (SSSR count). The molecule has 150 valence electrons. The molecule has 0 aliphatic heterocycles. The zero-order chi connectivity index (χ0) is 19.8. The fraction of sp³-hybridized carbons (Fsp3) is 0.591. The zero-order valence-electron chi connectivity index (χ0n) is 16.7. The monoisotopic (exact) mass is 382 g/mol. The van der Waals surface area contributed by atoms with Gasteiger partial charge < -0.3 is 11.1 Å². The van der Waals surface area contributed by atoms with E-state index in [1.807, 2.05) is 32.0 Å². The first-order valence-corrected chi connectivity index (χ1v) is 10.5. The molecule has 28 heavy (non-hydrogen) atoms. The molecule has 0 spiro atoms. The molecule has 1 amide bonds. The summed E-state index contributed by atoms with van der Waals surface area (Å²) in [4.78, 5) is 26.0. The van der Waals surface area contributed by atoms with Gasteiger partial charge in [-0.25, -0.2) is 4.68 Å². The number of nitrogens with zero attached hydrogens (tertiary/aromatic N) is 2. The molecule has 2 aliphatic carbocycles. The third-order valence-corrected chi connectivity index (χ3v) is 6.30. The molecule has 2 bridgehead atoms. The van der Waals surface area contributed by atoms with Crippen LogP contribution in [0.3, 0.4) is 0 Å². The predicted octanol–water partition coefficient (Wildman–Crippen LogP) is 2.69. The van der Waals surface area contributed by atoms with Gasteiger partial charge in [-0.3, -0.25) is 9.59 Å². The van der Waals surface area contributed by atoms with Crippen LogP contribution >= 0.6 is 0 Å². The minimum absolute atomic E-state index is 0.138. The van der Waals surface area contributed by atoms with Crippen molar-refractivity contribution in [1.82, 2.24) is 15.1 Å². The van der Waals surface area contributed by atoms with Gasteiger partial charge in [-0.15, -0.1) is 0 Å². The third-order valence-electron chi connectivity index (χ3n) is 6.30. The van der Waals surface area contributed by atoms with Crippen LogP contribution in [-0.4, -0.2) is 27.8 Å². The summed E-state index contributed by atoms with van der Waals surface area (Å²) >= 11 is 0. The minimum Gasteiger partial charge on any atom is -0.347 e. The summed E-state index contributed by atoms with van der Waals surface area (Å²) in [5.74, 6) is 0.978. The van der Waals surface area contributed by atoms with E-state index in [9.17, 15) is 9.59 Å². The van der Waals surface area contributed by atoms with Crippen LogP contribution in [0.4, 0.5) is 0 Å². The second-order valence-corrected chi connectivity index (χ2v) is 8.96. The zero-order valence-corrected chi connectivity index (χ0v) is 16.7. The van der Waals surface area contributed by atoms with Crippen molar-refractivity contribution < 1.29 is 4.79 Å². The van der Waals surface area contributed by atoms with E-state index in [2.05, 4.69) is 10.4 Å². The molecule has 1 heterocycles. The van der Waals surface area contributed by atoms with Crippen molar-refractivity contribution in [1.29, 1.82) is 0 Å². The van der Waals surface area contributed by atoms with E-state index in [0.717, 1.165) is 25.7 Å². The standard InChI is InChI=1S/C22H30N4O2/c1-13(2)12-26-22(28)18-9-4-3-8-17(18)20(25-26)21(27)24-19-14-6-5-7-15(19)11-16(23)10-14/h3-4,8-9,13-16,19H,5-7,10-12,23H2,1-2H3,(H,24,27). The van der Waals surface area contributed by atoms with Crippen LogP contribution in [0.2, 0.25) is 0 Å². The Labute approximate surface area is 165 Å². The first-order valence-electron chi connectivity index (χ1n) is 10.5. The van der Waals surface area contributed by atoms with E-state index >= 15 is 0 Å². The first-order chi connectivity index (χ1) is 13.4. The minimum atomic E-state index is -0.175. The van der Waals surface area contributed by atoms with Crippen molar-refractivity contribution in [2.75, 3.05) is 0 Å². The summed E-state index contributed by atoms with van der Waals surface area (Å²) in [5.41, 5.74) is 6.44. The summed E-state index contributed by atoms with van der Waals surface area (Å²) < 4.78 is 1.44. The largest absolute Gasteiger partial charge is 0.347 e. The summed E-state index contributed by atoms with van der Waals surface area (Å²) in [6.45, 7) is 4.57. The van der Waals surface area contributed by atoms with E-state index in [4.69, 9.17) is 5.73 Å². The maximum Gasteiger partial charge on any atom is 0.274 e.